The second kappa shape index (κ2) is 2.95. The fourth-order valence-corrected chi connectivity index (χ4v) is 0.929. The van der Waals surface area contributed by atoms with E-state index >= 15 is 0 Å². The van der Waals surface area contributed by atoms with E-state index in [1.165, 1.54) is 0 Å². The van der Waals surface area contributed by atoms with Crippen LogP contribution >= 0.6 is 0 Å². The molecule has 0 spiro atoms. The zero-order valence-corrected chi connectivity index (χ0v) is 8.31. The highest BCUT2D eigenvalue weighted by atomic mass is 16.6. The summed E-state index contributed by atoms with van der Waals surface area (Å²) in [5, 5.41) is 2.68. The van der Waals surface area contributed by atoms with E-state index in [2.05, 4.69) is 11.2 Å². The average Bonchev–Trinajstić information content (AvgIpc) is 2.65. The van der Waals surface area contributed by atoms with Gasteiger partial charge in [-0.15, -0.1) is 6.42 Å². The molecule has 1 N–H and O–H groups in total. The predicted octanol–water partition coefficient (Wildman–Crippen LogP) is 1.68. The molecule has 0 bridgehead atoms. The van der Waals surface area contributed by atoms with Crippen LogP contribution in [0.2, 0.25) is 0 Å². The van der Waals surface area contributed by atoms with E-state index in [1.54, 1.807) is 0 Å². The third kappa shape index (κ3) is 2.98. The molecule has 0 unspecified atom stereocenters. The van der Waals surface area contributed by atoms with Gasteiger partial charge in [0.15, 0.2) is 0 Å². The van der Waals surface area contributed by atoms with Crippen LogP contribution in [0.1, 0.15) is 33.6 Å². The smallest absolute Gasteiger partial charge is 0.408 e. The molecule has 0 heterocycles. The van der Waals surface area contributed by atoms with Gasteiger partial charge < -0.3 is 10.1 Å². The normalized spacial score (nSPS) is 18.6. The predicted molar refractivity (Wildman–Crippen MR) is 50.2 cm³/mol. The maximum Gasteiger partial charge on any atom is 0.408 e. The van der Waals surface area contributed by atoms with E-state index in [-0.39, 0.29) is 0 Å². The number of carbonyl (C=O) groups is 1. The third-order valence-corrected chi connectivity index (χ3v) is 1.77. The third-order valence-electron chi connectivity index (χ3n) is 1.77. The van der Waals surface area contributed by atoms with Crippen molar-refractivity contribution >= 4 is 6.09 Å². The molecule has 1 aliphatic carbocycles. The van der Waals surface area contributed by atoms with Gasteiger partial charge >= 0.3 is 6.09 Å². The monoisotopic (exact) mass is 181 g/mol. The van der Waals surface area contributed by atoms with Crippen molar-refractivity contribution in [3.05, 3.63) is 0 Å². The Morgan fingerprint density at radius 3 is 2.38 bits per heavy atom. The summed E-state index contributed by atoms with van der Waals surface area (Å²) in [6.45, 7) is 5.46. The van der Waals surface area contributed by atoms with Crippen molar-refractivity contribution in [2.75, 3.05) is 0 Å². The first-order valence-electron chi connectivity index (χ1n) is 4.36. The lowest BCUT2D eigenvalue weighted by Gasteiger charge is -2.21. The van der Waals surface area contributed by atoms with Crippen LogP contribution in [0.4, 0.5) is 4.79 Å². The van der Waals surface area contributed by atoms with E-state index in [1.807, 2.05) is 20.8 Å². The van der Waals surface area contributed by atoms with Crippen LogP contribution in [0.5, 0.6) is 0 Å². The van der Waals surface area contributed by atoms with Gasteiger partial charge in [0, 0.05) is 0 Å². The molecule has 1 rings (SSSR count). The summed E-state index contributed by atoms with van der Waals surface area (Å²) in [5.41, 5.74) is -0.878. The van der Waals surface area contributed by atoms with Gasteiger partial charge in [-0.25, -0.2) is 4.79 Å². The molecule has 1 saturated carbocycles. The van der Waals surface area contributed by atoms with Crippen molar-refractivity contribution in [2.24, 2.45) is 0 Å². The van der Waals surface area contributed by atoms with Gasteiger partial charge in [0.05, 0.1) is 0 Å². The van der Waals surface area contributed by atoms with Crippen LogP contribution < -0.4 is 5.32 Å². The molecule has 1 aliphatic rings. The Labute approximate surface area is 78.8 Å². The van der Waals surface area contributed by atoms with E-state index < -0.39 is 17.2 Å². The van der Waals surface area contributed by atoms with Gasteiger partial charge in [-0.05, 0) is 33.6 Å². The van der Waals surface area contributed by atoms with Crippen molar-refractivity contribution in [1.29, 1.82) is 0 Å². The van der Waals surface area contributed by atoms with Crippen molar-refractivity contribution < 1.29 is 9.53 Å². The lowest BCUT2D eigenvalue weighted by atomic mass is 10.2. The number of terminal acetylenes is 1. The zero-order valence-electron chi connectivity index (χ0n) is 8.31. The first-order chi connectivity index (χ1) is 5.87. The molecule has 0 saturated heterocycles. The molecule has 0 radical (unpaired) electrons. The van der Waals surface area contributed by atoms with E-state index in [9.17, 15) is 4.79 Å². The second-order valence-corrected chi connectivity index (χ2v) is 4.35. The van der Waals surface area contributed by atoms with Gasteiger partial charge in [0.1, 0.15) is 11.1 Å². The van der Waals surface area contributed by atoms with Gasteiger partial charge in [0.25, 0.3) is 0 Å². The van der Waals surface area contributed by atoms with Crippen molar-refractivity contribution in [2.45, 2.75) is 44.8 Å². The van der Waals surface area contributed by atoms with Crippen molar-refractivity contribution in [1.82, 2.24) is 5.32 Å². The number of hydrogen-bond donors (Lipinski definition) is 1. The zero-order chi connectivity index (χ0) is 10.1. The number of rotatable bonds is 1. The first kappa shape index (κ1) is 9.91. The van der Waals surface area contributed by atoms with Crippen molar-refractivity contribution in [3.8, 4) is 12.3 Å². The van der Waals surface area contributed by atoms with E-state index in [0.717, 1.165) is 12.8 Å². The van der Waals surface area contributed by atoms with Gasteiger partial charge in [-0.3, -0.25) is 0 Å². The average molecular weight is 181 g/mol. The molecule has 0 aromatic heterocycles. The molecule has 0 atom stereocenters. The number of hydrogen-bond acceptors (Lipinski definition) is 2. The first-order valence-corrected chi connectivity index (χ1v) is 4.36. The van der Waals surface area contributed by atoms with Crippen LogP contribution in [0, 0.1) is 12.3 Å². The summed E-state index contributed by atoms with van der Waals surface area (Å²) in [6.07, 6.45) is 6.53. The highest BCUT2D eigenvalue weighted by molar-refractivity contribution is 5.70. The topological polar surface area (TPSA) is 38.3 Å². The van der Waals surface area contributed by atoms with Crippen LogP contribution in [-0.4, -0.2) is 17.2 Å². The van der Waals surface area contributed by atoms with E-state index in [4.69, 9.17) is 11.2 Å². The number of alkyl carbamates (subject to hydrolysis) is 1. The van der Waals surface area contributed by atoms with Crippen molar-refractivity contribution in [3.63, 3.8) is 0 Å². The Morgan fingerprint density at radius 2 is 2.08 bits per heavy atom. The molecule has 1 fully saturated rings. The fourth-order valence-electron chi connectivity index (χ4n) is 0.929. The molecule has 72 valence electrons. The summed E-state index contributed by atoms with van der Waals surface area (Å²) >= 11 is 0. The molecule has 3 nitrogen and oxygen atoms in total. The largest absolute Gasteiger partial charge is 0.444 e. The summed E-state index contributed by atoms with van der Waals surface area (Å²) in [6, 6.07) is 0. The van der Waals surface area contributed by atoms with E-state index in [0.29, 0.717) is 0 Å². The Morgan fingerprint density at radius 1 is 1.54 bits per heavy atom. The number of amides is 1. The van der Waals surface area contributed by atoms with Gasteiger partial charge in [0.2, 0.25) is 0 Å². The number of ether oxygens (including phenoxy) is 1. The minimum atomic E-state index is -0.464. The fraction of sp³-hybridized carbons (Fsp3) is 0.700. The molecule has 3 heteroatoms. The summed E-state index contributed by atoms with van der Waals surface area (Å²) in [4.78, 5) is 11.2. The Balaban J connectivity index is 2.40. The van der Waals surface area contributed by atoms with Crippen LogP contribution in [0.15, 0.2) is 0 Å². The molecule has 0 aliphatic heterocycles. The molecular weight excluding hydrogens is 166 g/mol. The molecule has 1 amide bonds. The lowest BCUT2D eigenvalue weighted by Crippen LogP contribution is -2.39. The van der Waals surface area contributed by atoms with Gasteiger partial charge in [-0.2, -0.15) is 0 Å². The molecule has 0 aromatic rings. The lowest BCUT2D eigenvalue weighted by molar-refractivity contribution is 0.0511. The minimum absolute atomic E-state index is 0.414. The summed E-state index contributed by atoms with van der Waals surface area (Å²) in [7, 11) is 0. The Hall–Kier alpha value is -1.17. The summed E-state index contributed by atoms with van der Waals surface area (Å²) < 4.78 is 5.07. The second-order valence-electron chi connectivity index (χ2n) is 4.35. The van der Waals surface area contributed by atoms with Crippen LogP contribution in [0.25, 0.3) is 0 Å². The molecule has 0 aromatic carbocycles. The van der Waals surface area contributed by atoms with Crippen LogP contribution in [0.3, 0.4) is 0 Å². The minimum Gasteiger partial charge on any atom is -0.444 e. The van der Waals surface area contributed by atoms with Gasteiger partial charge in [-0.1, -0.05) is 5.92 Å². The molecule has 13 heavy (non-hydrogen) atoms. The maximum atomic E-state index is 11.2. The Kier molecular flexibility index (Phi) is 2.25. The Bertz CT molecular complexity index is 253. The standard InChI is InChI=1S/C10H15NO2/c1-5-10(6-7-10)11-8(12)13-9(2,3)4/h1H,6-7H2,2-4H3,(H,11,12). The maximum absolute atomic E-state index is 11.2. The SMILES string of the molecule is C#CC1(NC(=O)OC(C)(C)C)CC1. The quantitative estimate of drug-likeness (QED) is 0.625. The number of nitrogens with one attached hydrogen (secondary N) is 1. The highest BCUT2D eigenvalue weighted by Crippen LogP contribution is 2.34. The summed E-state index contributed by atoms with van der Waals surface area (Å²) in [5.74, 6) is 2.56. The molecular formula is C10H15NO2. The van der Waals surface area contributed by atoms with Crippen LogP contribution in [-0.2, 0) is 4.74 Å². The highest BCUT2D eigenvalue weighted by Gasteiger charge is 2.43. The number of carbonyl (C=O) groups excluding carboxylic acids is 1.